The fourth-order valence-electron chi connectivity index (χ4n) is 1.14. The topological polar surface area (TPSA) is 42.4 Å². The quantitative estimate of drug-likeness (QED) is 0.640. The van der Waals surface area contributed by atoms with Crippen LogP contribution in [0.25, 0.3) is 0 Å². The number of aromatic nitrogens is 1. The van der Waals surface area contributed by atoms with Crippen LogP contribution >= 0.6 is 15.9 Å². The minimum atomic E-state index is 0.258. The van der Waals surface area contributed by atoms with Gasteiger partial charge in [0.1, 0.15) is 4.60 Å². The molecule has 3 nitrogen and oxygen atoms in total. The third kappa shape index (κ3) is 4.62. The third-order valence-electron chi connectivity index (χ3n) is 2.06. The molecule has 0 amide bonds. The maximum atomic E-state index is 8.59. The summed E-state index contributed by atoms with van der Waals surface area (Å²) in [7, 11) is 0. The number of pyridine rings is 1. The number of aliphatic hydroxyl groups excluding tert-OH is 1. The Bertz CT molecular complexity index is 305. The molecule has 0 saturated heterocycles. The summed E-state index contributed by atoms with van der Waals surface area (Å²) in [6.07, 6.45) is 2.78. The van der Waals surface area contributed by atoms with Gasteiger partial charge in [0, 0.05) is 12.7 Å². The highest BCUT2D eigenvalue weighted by Gasteiger charge is 1.99. The number of unbranched alkanes of at least 4 members (excludes halogenated alkanes) is 2. The molecule has 1 aromatic heterocycles. The van der Waals surface area contributed by atoms with Crippen molar-refractivity contribution in [2.45, 2.75) is 26.2 Å². The third-order valence-corrected chi connectivity index (χ3v) is 2.86. The lowest BCUT2D eigenvalue weighted by Gasteiger charge is -2.05. The van der Waals surface area contributed by atoms with Crippen LogP contribution in [0.15, 0.2) is 16.7 Å². The average molecular weight is 274 g/mol. The highest BCUT2D eigenvalue weighted by atomic mass is 79.9. The van der Waals surface area contributed by atoms with E-state index in [0.717, 1.165) is 29.4 Å². The monoisotopic (exact) mass is 273 g/mol. The predicted octanol–water partition coefficient (Wildman–Crippen LogP) is 2.69. The first-order valence-corrected chi connectivity index (χ1v) is 5.90. The largest absolute Gasteiger partial charge is 0.478 e. The van der Waals surface area contributed by atoms with Crippen molar-refractivity contribution in [1.82, 2.24) is 4.98 Å². The number of hydrogen-bond acceptors (Lipinski definition) is 3. The zero-order valence-corrected chi connectivity index (χ0v) is 10.5. The molecule has 0 aliphatic carbocycles. The van der Waals surface area contributed by atoms with E-state index in [9.17, 15) is 0 Å². The van der Waals surface area contributed by atoms with Gasteiger partial charge in [-0.25, -0.2) is 4.98 Å². The van der Waals surface area contributed by atoms with E-state index in [2.05, 4.69) is 20.9 Å². The van der Waals surface area contributed by atoms with Gasteiger partial charge in [0.15, 0.2) is 0 Å². The Hall–Kier alpha value is -0.610. The summed E-state index contributed by atoms with van der Waals surface area (Å²) in [6.45, 7) is 2.90. The van der Waals surface area contributed by atoms with Crippen LogP contribution in [0, 0.1) is 6.92 Å². The molecule has 0 unspecified atom stereocenters. The van der Waals surface area contributed by atoms with Crippen LogP contribution in [0.3, 0.4) is 0 Å². The SMILES string of the molecule is Cc1ccc(OCCCCCO)nc1Br. The van der Waals surface area contributed by atoms with Crippen molar-refractivity contribution in [3.63, 3.8) is 0 Å². The molecule has 0 spiro atoms. The van der Waals surface area contributed by atoms with E-state index < -0.39 is 0 Å². The van der Waals surface area contributed by atoms with Gasteiger partial charge in [0.2, 0.25) is 5.88 Å². The minimum Gasteiger partial charge on any atom is -0.478 e. The Labute approximate surface area is 98.6 Å². The zero-order chi connectivity index (χ0) is 11.1. The van der Waals surface area contributed by atoms with Gasteiger partial charge in [0.05, 0.1) is 6.61 Å². The molecule has 1 heterocycles. The van der Waals surface area contributed by atoms with Gasteiger partial charge in [-0.3, -0.25) is 0 Å². The predicted molar refractivity (Wildman–Crippen MR) is 63.1 cm³/mol. The molecule has 0 atom stereocenters. The Morgan fingerprint density at radius 1 is 1.33 bits per heavy atom. The molecule has 0 aliphatic heterocycles. The van der Waals surface area contributed by atoms with Gasteiger partial charge in [-0.15, -0.1) is 0 Å². The molecular formula is C11H16BrNO2. The smallest absolute Gasteiger partial charge is 0.214 e. The number of halogens is 1. The Balaban J connectivity index is 2.28. The molecule has 0 bridgehead atoms. The molecule has 0 radical (unpaired) electrons. The summed E-state index contributed by atoms with van der Waals surface area (Å²) in [5.41, 5.74) is 1.10. The van der Waals surface area contributed by atoms with Crippen molar-refractivity contribution in [2.24, 2.45) is 0 Å². The summed E-state index contributed by atoms with van der Waals surface area (Å²) in [5.74, 6) is 0.650. The Morgan fingerprint density at radius 2 is 2.13 bits per heavy atom. The second-order valence-electron chi connectivity index (χ2n) is 3.39. The lowest BCUT2D eigenvalue weighted by atomic mass is 10.2. The normalized spacial score (nSPS) is 10.3. The van der Waals surface area contributed by atoms with E-state index in [1.807, 2.05) is 19.1 Å². The van der Waals surface area contributed by atoms with E-state index in [-0.39, 0.29) is 6.61 Å². The number of nitrogens with zero attached hydrogens (tertiary/aromatic N) is 1. The maximum absolute atomic E-state index is 8.59. The molecule has 1 N–H and O–H groups in total. The Kier molecular flexibility index (Phi) is 5.65. The highest BCUT2D eigenvalue weighted by Crippen LogP contribution is 2.17. The Morgan fingerprint density at radius 3 is 2.80 bits per heavy atom. The molecule has 0 saturated carbocycles. The molecule has 0 fully saturated rings. The van der Waals surface area contributed by atoms with Crippen LogP contribution in [0.4, 0.5) is 0 Å². The standard InChI is InChI=1S/C11H16BrNO2/c1-9-5-6-10(13-11(9)12)15-8-4-2-3-7-14/h5-6,14H,2-4,7-8H2,1H3. The summed E-state index contributed by atoms with van der Waals surface area (Å²) >= 11 is 3.36. The molecule has 0 aliphatic rings. The molecule has 0 aromatic carbocycles. The first-order chi connectivity index (χ1) is 7.24. The second-order valence-corrected chi connectivity index (χ2v) is 4.14. The molecule has 1 rings (SSSR count). The summed E-state index contributed by atoms with van der Waals surface area (Å²) in [4.78, 5) is 4.24. The van der Waals surface area contributed by atoms with Gasteiger partial charge in [-0.1, -0.05) is 6.07 Å². The van der Waals surface area contributed by atoms with Crippen LogP contribution in [0.2, 0.25) is 0 Å². The van der Waals surface area contributed by atoms with E-state index in [1.165, 1.54) is 0 Å². The minimum absolute atomic E-state index is 0.258. The lowest BCUT2D eigenvalue weighted by Crippen LogP contribution is -2.00. The lowest BCUT2D eigenvalue weighted by molar-refractivity contribution is 0.262. The van der Waals surface area contributed by atoms with Crippen LogP contribution in [0.1, 0.15) is 24.8 Å². The highest BCUT2D eigenvalue weighted by molar-refractivity contribution is 9.10. The molecular weight excluding hydrogens is 258 g/mol. The van der Waals surface area contributed by atoms with Crippen LogP contribution in [-0.2, 0) is 0 Å². The molecule has 4 heteroatoms. The molecule has 15 heavy (non-hydrogen) atoms. The van der Waals surface area contributed by atoms with Gasteiger partial charge in [-0.05, 0) is 47.7 Å². The van der Waals surface area contributed by atoms with E-state index in [0.29, 0.717) is 12.5 Å². The van der Waals surface area contributed by atoms with Crippen LogP contribution in [0.5, 0.6) is 5.88 Å². The first kappa shape index (κ1) is 12.5. The molecule has 84 valence electrons. The number of aryl methyl sites for hydroxylation is 1. The molecule has 1 aromatic rings. The maximum Gasteiger partial charge on any atom is 0.214 e. The fourth-order valence-corrected chi connectivity index (χ4v) is 1.44. The van der Waals surface area contributed by atoms with E-state index in [1.54, 1.807) is 0 Å². The number of hydrogen-bond donors (Lipinski definition) is 1. The van der Waals surface area contributed by atoms with Crippen molar-refractivity contribution in [3.8, 4) is 5.88 Å². The van der Waals surface area contributed by atoms with Crippen LogP contribution < -0.4 is 4.74 Å². The zero-order valence-electron chi connectivity index (χ0n) is 8.87. The fraction of sp³-hybridized carbons (Fsp3) is 0.545. The van der Waals surface area contributed by atoms with Crippen molar-refractivity contribution >= 4 is 15.9 Å². The summed E-state index contributed by atoms with van der Waals surface area (Å²) in [5, 5.41) is 8.59. The average Bonchev–Trinajstić information content (AvgIpc) is 2.23. The van der Waals surface area contributed by atoms with Crippen LogP contribution in [-0.4, -0.2) is 23.3 Å². The number of ether oxygens (including phenoxy) is 1. The van der Waals surface area contributed by atoms with Crippen molar-refractivity contribution < 1.29 is 9.84 Å². The van der Waals surface area contributed by atoms with Gasteiger partial charge >= 0.3 is 0 Å². The van der Waals surface area contributed by atoms with Gasteiger partial charge in [0.25, 0.3) is 0 Å². The first-order valence-electron chi connectivity index (χ1n) is 5.11. The number of aliphatic hydroxyl groups is 1. The van der Waals surface area contributed by atoms with Crippen molar-refractivity contribution in [2.75, 3.05) is 13.2 Å². The number of rotatable bonds is 6. The summed E-state index contributed by atoms with van der Waals surface area (Å²) < 4.78 is 6.29. The van der Waals surface area contributed by atoms with Gasteiger partial charge in [-0.2, -0.15) is 0 Å². The second kappa shape index (κ2) is 6.80. The van der Waals surface area contributed by atoms with Crippen molar-refractivity contribution in [1.29, 1.82) is 0 Å². The summed E-state index contributed by atoms with van der Waals surface area (Å²) in [6, 6.07) is 3.84. The van der Waals surface area contributed by atoms with E-state index >= 15 is 0 Å². The van der Waals surface area contributed by atoms with Gasteiger partial charge < -0.3 is 9.84 Å². The van der Waals surface area contributed by atoms with E-state index in [4.69, 9.17) is 9.84 Å². The van der Waals surface area contributed by atoms with Crippen molar-refractivity contribution in [3.05, 3.63) is 22.3 Å².